The van der Waals surface area contributed by atoms with Gasteiger partial charge in [0.05, 0.1) is 0 Å². The quantitative estimate of drug-likeness (QED) is 0.782. The summed E-state index contributed by atoms with van der Waals surface area (Å²) in [6, 6.07) is 7.95. The van der Waals surface area contributed by atoms with Crippen molar-refractivity contribution >= 4 is 22.5 Å². The number of halogens is 1. The van der Waals surface area contributed by atoms with E-state index in [1.807, 2.05) is 18.2 Å². The summed E-state index contributed by atoms with van der Waals surface area (Å²) in [5, 5.41) is 1.88. The summed E-state index contributed by atoms with van der Waals surface area (Å²) in [5.74, 6) is 0. The summed E-state index contributed by atoms with van der Waals surface area (Å²) in [5.41, 5.74) is 8.10. The maximum absolute atomic E-state index is 5.93. The van der Waals surface area contributed by atoms with E-state index in [1.165, 1.54) is 0 Å². The number of hydrogen-bond acceptors (Lipinski definition) is 1. The van der Waals surface area contributed by atoms with Gasteiger partial charge in [0.15, 0.2) is 0 Å². The Morgan fingerprint density at radius 1 is 1.43 bits per heavy atom. The number of nitrogens with two attached hydrogens (primary N) is 1. The molecule has 14 heavy (non-hydrogen) atoms. The molecule has 2 nitrogen and oxygen atoms in total. The third kappa shape index (κ3) is 1.63. The Kier molecular flexibility index (Phi) is 2.48. The van der Waals surface area contributed by atoms with Crippen LogP contribution in [0.2, 0.25) is 5.02 Å². The van der Waals surface area contributed by atoms with E-state index >= 15 is 0 Å². The monoisotopic (exact) mass is 208 g/mol. The Bertz CT molecular complexity index is 447. The van der Waals surface area contributed by atoms with Gasteiger partial charge in [-0.2, -0.15) is 0 Å². The van der Waals surface area contributed by atoms with Crippen molar-refractivity contribution in [3.8, 4) is 0 Å². The molecule has 3 N–H and O–H groups in total. The molecule has 0 aliphatic carbocycles. The molecule has 2 rings (SSSR count). The van der Waals surface area contributed by atoms with Gasteiger partial charge in [-0.3, -0.25) is 0 Å². The van der Waals surface area contributed by atoms with E-state index in [1.54, 1.807) is 0 Å². The summed E-state index contributed by atoms with van der Waals surface area (Å²) in [4.78, 5) is 3.29. The molecule has 0 bridgehead atoms. The van der Waals surface area contributed by atoms with Crippen LogP contribution >= 0.6 is 11.6 Å². The summed E-state index contributed by atoms with van der Waals surface area (Å²) in [6.07, 6.45) is 0.931. The zero-order valence-corrected chi connectivity index (χ0v) is 8.81. The van der Waals surface area contributed by atoms with E-state index in [0.717, 1.165) is 28.0 Å². The van der Waals surface area contributed by atoms with Crippen molar-refractivity contribution in [1.82, 2.24) is 4.98 Å². The first-order chi connectivity index (χ1) is 6.70. The average molecular weight is 209 g/mol. The van der Waals surface area contributed by atoms with Crippen molar-refractivity contribution in [2.75, 3.05) is 0 Å². The molecule has 0 aliphatic rings. The molecule has 1 atom stereocenters. The number of hydrogen-bond donors (Lipinski definition) is 2. The topological polar surface area (TPSA) is 41.8 Å². The van der Waals surface area contributed by atoms with E-state index < -0.39 is 0 Å². The second-order valence-electron chi connectivity index (χ2n) is 3.47. The molecule has 0 saturated carbocycles. The van der Waals surface area contributed by atoms with Crippen molar-refractivity contribution in [3.05, 3.63) is 35.0 Å². The first kappa shape index (κ1) is 9.56. The molecule has 1 aromatic carbocycles. The van der Waals surface area contributed by atoms with Gasteiger partial charge < -0.3 is 10.7 Å². The Hall–Kier alpha value is -0.990. The van der Waals surface area contributed by atoms with E-state index in [2.05, 4.69) is 18.0 Å². The van der Waals surface area contributed by atoms with Gasteiger partial charge >= 0.3 is 0 Å². The predicted molar refractivity (Wildman–Crippen MR) is 60.5 cm³/mol. The van der Waals surface area contributed by atoms with Gasteiger partial charge in [0.2, 0.25) is 0 Å². The molecule has 2 aromatic rings. The first-order valence-corrected chi connectivity index (χ1v) is 5.12. The van der Waals surface area contributed by atoms with Crippen LogP contribution in [0.3, 0.4) is 0 Å². The molecule has 0 saturated heterocycles. The highest BCUT2D eigenvalue weighted by Gasteiger charge is 2.06. The lowest BCUT2D eigenvalue weighted by Gasteiger charge is -2.03. The lowest BCUT2D eigenvalue weighted by atomic mass is 10.1. The predicted octanol–water partition coefficient (Wildman–Crippen LogP) is 3.23. The second kappa shape index (κ2) is 3.64. The number of rotatable bonds is 2. The maximum atomic E-state index is 5.93. The number of aromatic nitrogens is 1. The van der Waals surface area contributed by atoms with E-state index in [9.17, 15) is 0 Å². The van der Waals surface area contributed by atoms with Crippen LogP contribution in [-0.2, 0) is 0 Å². The molecular weight excluding hydrogens is 196 g/mol. The van der Waals surface area contributed by atoms with Gasteiger partial charge in [0.25, 0.3) is 0 Å². The number of nitrogens with one attached hydrogen (secondary N) is 1. The van der Waals surface area contributed by atoms with E-state index in [4.69, 9.17) is 17.3 Å². The van der Waals surface area contributed by atoms with Crippen LogP contribution in [0.4, 0.5) is 0 Å². The van der Waals surface area contributed by atoms with Crippen LogP contribution in [0.25, 0.3) is 10.9 Å². The average Bonchev–Trinajstić information content (AvgIpc) is 2.59. The Balaban J connectivity index is 2.51. The number of aromatic amines is 1. The standard InChI is InChI=1S/C11H13ClN2/c1-2-9(13)11-6-7-5-8(12)3-4-10(7)14-11/h3-6,9,14H,2,13H2,1H3/t9-/m1/s1. The molecule has 0 radical (unpaired) electrons. The molecular formula is C11H13ClN2. The lowest BCUT2D eigenvalue weighted by Crippen LogP contribution is -2.08. The number of fused-ring (bicyclic) bond motifs is 1. The number of benzene rings is 1. The van der Waals surface area contributed by atoms with E-state index in [0.29, 0.717) is 0 Å². The largest absolute Gasteiger partial charge is 0.357 e. The van der Waals surface area contributed by atoms with Crippen LogP contribution in [-0.4, -0.2) is 4.98 Å². The SMILES string of the molecule is CC[C@@H](N)c1cc2cc(Cl)ccc2[nH]1. The Morgan fingerprint density at radius 3 is 2.93 bits per heavy atom. The van der Waals surface area contributed by atoms with Crippen molar-refractivity contribution in [2.45, 2.75) is 19.4 Å². The first-order valence-electron chi connectivity index (χ1n) is 4.74. The van der Waals surface area contributed by atoms with Gasteiger partial charge in [-0.1, -0.05) is 18.5 Å². The van der Waals surface area contributed by atoms with Gasteiger partial charge in [0, 0.05) is 27.7 Å². The molecule has 0 aliphatic heterocycles. The van der Waals surface area contributed by atoms with Gasteiger partial charge in [-0.25, -0.2) is 0 Å². The molecule has 74 valence electrons. The second-order valence-corrected chi connectivity index (χ2v) is 3.91. The normalized spacial score (nSPS) is 13.4. The van der Waals surface area contributed by atoms with Crippen LogP contribution < -0.4 is 5.73 Å². The fraction of sp³-hybridized carbons (Fsp3) is 0.273. The van der Waals surface area contributed by atoms with Crippen LogP contribution in [0.1, 0.15) is 25.1 Å². The minimum absolute atomic E-state index is 0.0844. The van der Waals surface area contributed by atoms with Gasteiger partial charge in [-0.15, -0.1) is 0 Å². The smallest absolute Gasteiger partial charge is 0.0457 e. The molecule has 0 fully saturated rings. The molecule has 0 unspecified atom stereocenters. The number of H-pyrrole nitrogens is 1. The third-order valence-corrected chi connectivity index (χ3v) is 2.68. The Morgan fingerprint density at radius 2 is 2.21 bits per heavy atom. The highest BCUT2D eigenvalue weighted by Crippen LogP contribution is 2.23. The summed E-state index contributed by atoms with van der Waals surface area (Å²) in [6.45, 7) is 2.07. The highest BCUT2D eigenvalue weighted by molar-refractivity contribution is 6.31. The minimum Gasteiger partial charge on any atom is -0.357 e. The molecule has 1 heterocycles. The van der Waals surface area contributed by atoms with Crippen LogP contribution in [0.5, 0.6) is 0 Å². The molecule has 0 spiro atoms. The van der Waals surface area contributed by atoms with Crippen molar-refractivity contribution < 1.29 is 0 Å². The third-order valence-electron chi connectivity index (χ3n) is 2.44. The van der Waals surface area contributed by atoms with Crippen molar-refractivity contribution in [3.63, 3.8) is 0 Å². The van der Waals surface area contributed by atoms with Crippen molar-refractivity contribution in [2.24, 2.45) is 5.73 Å². The molecule has 3 heteroatoms. The summed E-state index contributed by atoms with van der Waals surface area (Å²) < 4.78 is 0. The van der Waals surface area contributed by atoms with E-state index in [-0.39, 0.29) is 6.04 Å². The Labute approximate surface area is 88.1 Å². The fourth-order valence-electron chi connectivity index (χ4n) is 1.55. The fourth-order valence-corrected chi connectivity index (χ4v) is 1.73. The lowest BCUT2D eigenvalue weighted by molar-refractivity contribution is 0.682. The van der Waals surface area contributed by atoms with Gasteiger partial charge in [-0.05, 0) is 30.7 Å². The molecule has 1 aromatic heterocycles. The van der Waals surface area contributed by atoms with Crippen LogP contribution in [0, 0.1) is 0 Å². The van der Waals surface area contributed by atoms with Gasteiger partial charge in [0.1, 0.15) is 0 Å². The summed E-state index contributed by atoms with van der Waals surface area (Å²) >= 11 is 5.90. The minimum atomic E-state index is 0.0844. The molecule has 0 amide bonds. The van der Waals surface area contributed by atoms with Crippen LogP contribution in [0.15, 0.2) is 24.3 Å². The zero-order chi connectivity index (χ0) is 10.1. The highest BCUT2D eigenvalue weighted by atomic mass is 35.5. The summed E-state index contributed by atoms with van der Waals surface area (Å²) in [7, 11) is 0. The maximum Gasteiger partial charge on any atom is 0.0457 e. The van der Waals surface area contributed by atoms with Crippen molar-refractivity contribution in [1.29, 1.82) is 0 Å². The zero-order valence-electron chi connectivity index (χ0n) is 8.05.